The largest absolute Gasteiger partial charge is 0.465 e. The predicted octanol–water partition coefficient (Wildman–Crippen LogP) is 1.23. The van der Waals surface area contributed by atoms with Crippen molar-refractivity contribution in [2.75, 3.05) is 7.11 Å². The summed E-state index contributed by atoms with van der Waals surface area (Å²) >= 11 is 5.65. The molecule has 0 aromatic carbocycles. The van der Waals surface area contributed by atoms with Crippen LogP contribution in [0.3, 0.4) is 0 Å². The van der Waals surface area contributed by atoms with Gasteiger partial charge in [0, 0.05) is 6.20 Å². The smallest absolute Gasteiger partial charge is 0.342 e. The van der Waals surface area contributed by atoms with E-state index in [1.54, 1.807) is 6.92 Å². The fraction of sp³-hybridized carbons (Fsp3) is 0.286. The van der Waals surface area contributed by atoms with E-state index < -0.39 is 5.97 Å². The first-order chi connectivity index (χ1) is 5.65. The van der Waals surface area contributed by atoms with Gasteiger partial charge in [-0.05, 0) is 6.92 Å². The third kappa shape index (κ3) is 1.71. The summed E-state index contributed by atoms with van der Waals surface area (Å²) in [5.74, 6) is -0.00680. The van der Waals surface area contributed by atoms with Gasteiger partial charge in [0.2, 0.25) is 0 Å². The molecule has 0 unspecified atom stereocenters. The zero-order valence-electron chi connectivity index (χ0n) is 6.67. The van der Waals surface area contributed by atoms with E-state index >= 15 is 0 Å². The highest BCUT2D eigenvalue weighted by molar-refractivity contribution is 6.32. The number of aryl methyl sites for hydroxylation is 1. The topological polar surface area (TPSA) is 52.1 Å². The van der Waals surface area contributed by atoms with E-state index in [1.165, 1.54) is 13.3 Å². The van der Waals surface area contributed by atoms with Gasteiger partial charge in [0.15, 0.2) is 0 Å². The van der Waals surface area contributed by atoms with E-state index in [2.05, 4.69) is 14.7 Å². The van der Waals surface area contributed by atoms with E-state index in [9.17, 15) is 4.79 Å². The molecule has 0 aliphatic rings. The van der Waals surface area contributed by atoms with Gasteiger partial charge in [-0.1, -0.05) is 11.6 Å². The summed E-state index contributed by atoms with van der Waals surface area (Å²) in [6.07, 6.45) is 1.34. The molecule has 0 fully saturated rings. The Bertz CT molecular complexity index is 314. The summed E-state index contributed by atoms with van der Waals surface area (Å²) in [5.41, 5.74) is 0.185. The maximum atomic E-state index is 11.0. The van der Waals surface area contributed by atoms with Crippen LogP contribution in [0.15, 0.2) is 6.20 Å². The summed E-state index contributed by atoms with van der Waals surface area (Å²) < 4.78 is 4.45. The Morgan fingerprint density at radius 2 is 2.33 bits per heavy atom. The highest BCUT2D eigenvalue weighted by atomic mass is 35.5. The van der Waals surface area contributed by atoms with Crippen LogP contribution in [-0.4, -0.2) is 23.0 Å². The second-order valence-electron chi connectivity index (χ2n) is 2.11. The van der Waals surface area contributed by atoms with Crippen LogP contribution >= 0.6 is 11.6 Å². The fourth-order valence-electron chi connectivity index (χ4n) is 0.689. The van der Waals surface area contributed by atoms with Crippen LogP contribution in [0.2, 0.25) is 5.15 Å². The van der Waals surface area contributed by atoms with E-state index in [-0.39, 0.29) is 10.7 Å². The maximum Gasteiger partial charge on any atom is 0.342 e. The summed E-state index contributed by atoms with van der Waals surface area (Å²) in [6.45, 7) is 1.69. The number of esters is 1. The number of aromatic nitrogens is 2. The molecule has 1 rings (SSSR count). The number of rotatable bonds is 1. The van der Waals surface area contributed by atoms with Crippen LogP contribution in [0.4, 0.5) is 0 Å². The van der Waals surface area contributed by atoms with Crippen molar-refractivity contribution in [3.63, 3.8) is 0 Å². The molecular weight excluding hydrogens is 180 g/mol. The quantitative estimate of drug-likeness (QED) is 0.489. The zero-order chi connectivity index (χ0) is 9.14. The Morgan fingerprint density at radius 1 is 1.67 bits per heavy atom. The summed E-state index contributed by atoms with van der Waals surface area (Å²) in [7, 11) is 1.28. The first kappa shape index (κ1) is 8.93. The highest BCUT2D eigenvalue weighted by Gasteiger charge is 2.11. The molecule has 0 spiro atoms. The SMILES string of the molecule is COC(=O)c1cnc(C)nc1Cl. The Balaban J connectivity index is 3.09. The van der Waals surface area contributed by atoms with Crippen LogP contribution in [0.1, 0.15) is 16.2 Å². The van der Waals surface area contributed by atoms with Gasteiger partial charge < -0.3 is 4.74 Å². The van der Waals surface area contributed by atoms with Gasteiger partial charge in [0.05, 0.1) is 7.11 Å². The van der Waals surface area contributed by atoms with E-state index in [4.69, 9.17) is 11.6 Å². The van der Waals surface area contributed by atoms with Crippen molar-refractivity contribution in [2.24, 2.45) is 0 Å². The van der Waals surface area contributed by atoms with Gasteiger partial charge in [-0.15, -0.1) is 0 Å². The summed E-state index contributed by atoms with van der Waals surface area (Å²) in [5, 5.41) is 0.120. The first-order valence-corrected chi connectivity index (χ1v) is 3.60. The molecule has 0 saturated heterocycles. The third-order valence-corrected chi connectivity index (χ3v) is 1.56. The molecule has 0 N–H and O–H groups in total. The number of hydrogen-bond acceptors (Lipinski definition) is 4. The van der Waals surface area contributed by atoms with Crippen LogP contribution in [0.25, 0.3) is 0 Å². The number of carbonyl (C=O) groups excluding carboxylic acids is 1. The van der Waals surface area contributed by atoms with Crippen molar-refractivity contribution in [2.45, 2.75) is 6.92 Å². The minimum atomic E-state index is -0.528. The lowest BCUT2D eigenvalue weighted by Crippen LogP contribution is -2.04. The lowest BCUT2D eigenvalue weighted by Gasteiger charge is -2.00. The monoisotopic (exact) mass is 186 g/mol. The van der Waals surface area contributed by atoms with Crippen molar-refractivity contribution in [3.8, 4) is 0 Å². The van der Waals surface area contributed by atoms with Crippen molar-refractivity contribution < 1.29 is 9.53 Å². The number of ether oxygens (including phenoxy) is 1. The average molecular weight is 187 g/mol. The fourth-order valence-corrected chi connectivity index (χ4v) is 0.938. The Kier molecular flexibility index (Phi) is 2.60. The summed E-state index contributed by atoms with van der Waals surface area (Å²) in [6, 6.07) is 0. The zero-order valence-corrected chi connectivity index (χ0v) is 7.42. The van der Waals surface area contributed by atoms with Gasteiger partial charge in [-0.25, -0.2) is 14.8 Å². The Hall–Kier alpha value is -1.16. The van der Waals surface area contributed by atoms with E-state index in [0.717, 1.165) is 0 Å². The molecule has 1 aromatic rings. The molecule has 1 aromatic heterocycles. The Morgan fingerprint density at radius 3 is 2.83 bits per heavy atom. The van der Waals surface area contributed by atoms with Gasteiger partial charge in [0.25, 0.3) is 0 Å². The minimum Gasteiger partial charge on any atom is -0.465 e. The molecule has 0 aliphatic heterocycles. The second kappa shape index (κ2) is 3.49. The van der Waals surface area contributed by atoms with Gasteiger partial charge in [-0.2, -0.15) is 0 Å². The molecule has 1 heterocycles. The van der Waals surface area contributed by atoms with Crippen LogP contribution < -0.4 is 0 Å². The molecule has 0 saturated carbocycles. The average Bonchev–Trinajstić information content (AvgIpc) is 2.03. The molecule has 12 heavy (non-hydrogen) atoms. The predicted molar refractivity (Wildman–Crippen MR) is 43.1 cm³/mol. The van der Waals surface area contributed by atoms with Crippen LogP contribution in [0.5, 0.6) is 0 Å². The number of methoxy groups -OCH3 is 1. The molecule has 0 atom stereocenters. The molecule has 0 bridgehead atoms. The number of carbonyl (C=O) groups is 1. The van der Waals surface area contributed by atoms with Crippen molar-refractivity contribution in [1.82, 2.24) is 9.97 Å². The lowest BCUT2D eigenvalue weighted by atomic mass is 10.3. The minimum absolute atomic E-state index is 0.120. The molecule has 5 heteroatoms. The highest BCUT2D eigenvalue weighted by Crippen LogP contribution is 2.12. The van der Waals surface area contributed by atoms with Crippen LogP contribution in [0, 0.1) is 6.92 Å². The number of nitrogens with zero attached hydrogens (tertiary/aromatic N) is 2. The van der Waals surface area contributed by atoms with Crippen LogP contribution in [-0.2, 0) is 4.74 Å². The second-order valence-corrected chi connectivity index (χ2v) is 2.47. The van der Waals surface area contributed by atoms with Gasteiger partial charge in [-0.3, -0.25) is 0 Å². The van der Waals surface area contributed by atoms with E-state index in [1.807, 2.05) is 0 Å². The first-order valence-electron chi connectivity index (χ1n) is 3.22. The normalized spacial score (nSPS) is 9.58. The molecule has 0 amide bonds. The molecule has 0 aliphatic carbocycles. The standard InChI is InChI=1S/C7H7ClN2O2/c1-4-9-3-5(6(8)10-4)7(11)12-2/h3H,1-2H3. The summed E-state index contributed by atoms with van der Waals surface area (Å²) in [4.78, 5) is 18.6. The molecular formula is C7H7ClN2O2. The number of halogens is 1. The van der Waals surface area contributed by atoms with Crippen molar-refractivity contribution >= 4 is 17.6 Å². The molecule has 0 radical (unpaired) electrons. The van der Waals surface area contributed by atoms with Crippen molar-refractivity contribution in [1.29, 1.82) is 0 Å². The molecule has 4 nitrogen and oxygen atoms in total. The Labute approximate surface area is 74.5 Å². The van der Waals surface area contributed by atoms with E-state index in [0.29, 0.717) is 5.82 Å². The number of hydrogen-bond donors (Lipinski definition) is 0. The maximum absolute atomic E-state index is 11.0. The molecule has 64 valence electrons. The van der Waals surface area contributed by atoms with Gasteiger partial charge >= 0.3 is 5.97 Å². The van der Waals surface area contributed by atoms with Crippen molar-refractivity contribution in [3.05, 3.63) is 22.7 Å². The third-order valence-electron chi connectivity index (χ3n) is 1.27. The lowest BCUT2D eigenvalue weighted by molar-refractivity contribution is 0.0600. The van der Waals surface area contributed by atoms with Gasteiger partial charge in [0.1, 0.15) is 16.5 Å².